The van der Waals surface area contributed by atoms with Crippen molar-refractivity contribution in [1.82, 2.24) is 5.32 Å². The van der Waals surface area contributed by atoms with Gasteiger partial charge >= 0.3 is 0 Å². The molecular formula is C12H27NO3. The standard InChI is InChI=1S/C12H27NO3/c1-12(6-4-10-15,7-5-11-16)13-8-2-3-9-14/h13-16H,2-11H2,1H3. The zero-order chi connectivity index (χ0) is 12.3. The molecule has 0 aliphatic heterocycles. The molecule has 0 spiro atoms. The summed E-state index contributed by atoms with van der Waals surface area (Å²) in [5, 5.41) is 29.9. The lowest BCUT2D eigenvalue weighted by Crippen LogP contribution is -2.43. The summed E-state index contributed by atoms with van der Waals surface area (Å²) in [6.45, 7) is 3.69. The Kier molecular flexibility index (Phi) is 9.92. The van der Waals surface area contributed by atoms with E-state index in [9.17, 15) is 0 Å². The molecule has 0 saturated carbocycles. The molecule has 0 aromatic rings. The number of aliphatic hydroxyl groups is 3. The van der Waals surface area contributed by atoms with Crippen LogP contribution in [0.5, 0.6) is 0 Å². The fraction of sp³-hybridized carbons (Fsp3) is 1.00. The summed E-state index contributed by atoms with van der Waals surface area (Å²) in [7, 11) is 0. The summed E-state index contributed by atoms with van der Waals surface area (Å²) >= 11 is 0. The molecule has 0 aliphatic carbocycles. The quantitative estimate of drug-likeness (QED) is 0.395. The predicted octanol–water partition coefficient (Wildman–Crippen LogP) is 0.652. The van der Waals surface area contributed by atoms with E-state index in [1.54, 1.807) is 0 Å². The molecule has 0 atom stereocenters. The molecule has 0 unspecified atom stereocenters. The van der Waals surface area contributed by atoms with Gasteiger partial charge < -0.3 is 20.6 Å². The molecule has 4 heteroatoms. The molecule has 0 radical (unpaired) electrons. The highest BCUT2D eigenvalue weighted by Gasteiger charge is 2.21. The fourth-order valence-electron chi connectivity index (χ4n) is 1.87. The van der Waals surface area contributed by atoms with Gasteiger partial charge in [-0.05, 0) is 52.0 Å². The summed E-state index contributed by atoms with van der Waals surface area (Å²) in [5.74, 6) is 0. The first kappa shape index (κ1) is 15.8. The van der Waals surface area contributed by atoms with Crippen molar-refractivity contribution in [2.24, 2.45) is 0 Å². The SMILES string of the molecule is CC(CCCO)(CCCO)NCCCCO. The zero-order valence-electron chi connectivity index (χ0n) is 10.4. The Labute approximate surface area is 98.7 Å². The molecule has 4 nitrogen and oxygen atoms in total. The molecule has 0 rings (SSSR count). The van der Waals surface area contributed by atoms with Crippen LogP contribution in [0.15, 0.2) is 0 Å². The number of hydrogen-bond acceptors (Lipinski definition) is 4. The van der Waals surface area contributed by atoms with E-state index in [1.165, 1.54) is 0 Å². The molecule has 0 heterocycles. The molecule has 0 aromatic heterocycles. The van der Waals surface area contributed by atoms with Crippen molar-refractivity contribution in [1.29, 1.82) is 0 Å². The molecule has 0 amide bonds. The number of nitrogens with one attached hydrogen (secondary N) is 1. The smallest absolute Gasteiger partial charge is 0.0431 e. The van der Waals surface area contributed by atoms with Crippen molar-refractivity contribution >= 4 is 0 Å². The van der Waals surface area contributed by atoms with E-state index >= 15 is 0 Å². The highest BCUT2D eigenvalue weighted by atomic mass is 16.3. The molecule has 0 saturated heterocycles. The third-order valence-corrected chi connectivity index (χ3v) is 2.91. The number of hydrogen-bond donors (Lipinski definition) is 4. The van der Waals surface area contributed by atoms with Crippen LogP contribution >= 0.6 is 0 Å². The molecule has 0 aromatic carbocycles. The summed E-state index contributed by atoms with van der Waals surface area (Å²) in [5.41, 5.74) is 0.000908. The van der Waals surface area contributed by atoms with Gasteiger partial charge in [-0.1, -0.05) is 0 Å². The van der Waals surface area contributed by atoms with Gasteiger partial charge in [0.05, 0.1) is 0 Å². The minimum atomic E-state index is 0.000908. The van der Waals surface area contributed by atoms with Crippen LogP contribution in [0.25, 0.3) is 0 Å². The second-order valence-electron chi connectivity index (χ2n) is 4.57. The Morgan fingerprint density at radius 1 is 0.812 bits per heavy atom. The second kappa shape index (κ2) is 10.0. The first-order chi connectivity index (χ1) is 7.68. The van der Waals surface area contributed by atoms with Gasteiger partial charge in [0.15, 0.2) is 0 Å². The summed E-state index contributed by atoms with van der Waals surface area (Å²) < 4.78 is 0. The van der Waals surface area contributed by atoms with E-state index in [4.69, 9.17) is 15.3 Å². The largest absolute Gasteiger partial charge is 0.396 e. The Bertz CT molecular complexity index is 145. The van der Waals surface area contributed by atoms with E-state index in [1.807, 2.05) is 0 Å². The van der Waals surface area contributed by atoms with Gasteiger partial charge in [-0.2, -0.15) is 0 Å². The van der Waals surface area contributed by atoms with E-state index in [0.717, 1.165) is 45.1 Å². The molecule has 4 N–H and O–H groups in total. The van der Waals surface area contributed by atoms with Crippen LogP contribution in [-0.4, -0.2) is 47.2 Å². The minimum Gasteiger partial charge on any atom is -0.396 e. The lowest BCUT2D eigenvalue weighted by atomic mass is 9.90. The van der Waals surface area contributed by atoms with Crippen LogP contribution < -0.4 is 5.32 Å². The van der Waals surface area contributed by atoms with E-state index in [-0.39, 0.29) is 25.4 Å². The van der Waals surface area contributed by atoms with Crippen LogP contribution in [0, 0.1) is 0 Å². The fourth-order valence-corrected chi connectivity index (χ4v) is 1.87. The maximum Gasteiger partial charge on any atom is 0.0431 e. The van der Waals surface area contributed by atoms with E-state index in [0.29, 0.717) is 0 Å². The molecule has 0 aliphatic rings. The van der Waals surface area contributed by atoms with Gasteiger partial charge in [-0.25, -0.2) is 0 Å². The average Bonchev–Trinajstić information content (AvgIpc) is 2.30. The van der Waals surface area contributed by atoms with Crippen molar-refractivity contribution in [2.75, 3.05) is 26.4 Å². The predicted molar refractivity (Wildman–Crippen MR) is 65.4 cm³/mol. The number of rotatable bonds is 11. The molecule has 0 fully saturated rings. The Balaban J connectivity index is 3.86. The summed E-state index contributed by atoms with van der Waals surface area (Å²) in [4.78, 5) is 0. The highest BCUT2D eigenvalue weighted by Crippen LogP contribution is 2.18. The molecule has 16 heavy (non-hydrogen) atoms. The first-order valence-electron chi connectivity index (χ1n) is 6.26. The van der Waals surface area contributed by atoms with Crippen LogP contribution in [0.2, 0.25) is 0 Å². The molecule has 0 bridgehead atoms. The Hall–Kier alpha value is -0.160. The second-order valence-corrected chi connectivity index (χ2v) is 4.57. The number of aliphatic hydroxyl groups excluding tert-OH is 3. The maximum atomic E-state index is 8.85. The molecule has 98 valence electrons. The van der Waals surface area contributed by atoms with Gasteiger partial charge in [0.25, 0.3) is 0 Å². The lowest BCUT2D eigenvalue weighted by molar-refractivity contribution is 0.213. The summed E-state index contributed by atoms with van der Waals surface area (Å²) in [6.07, 6.45) is 5.20. The lowest BCUT2D eigenvalue weighted by Gasteiger charge is -2.31. The first-order valence-corrected chi connectivity index (χ1v) is 6.26. The topological polar surface area (TPSA) is 72.7 Å². The van der Waals surface area contributed by atoms with Crippen LogP contribution in [0.4, 0.5) is 0 Å². The van der Waals surface area contributed by atoms with Crippen molar-refractivity contribution in [2.45, 2.75) is 51.0 Å². The Morgan fingerprint density at radius 3 is 1.75 bits per heavy atom. The number of unbranched alkanes of at least 4 members (excludes halogenated alkanes) is 1. The van der Waals surface area contributed by atoms with Crippen molar-refractivity contribution < 1.29 is 15.3 Å². The van der Waals surface area contributed by atoms with Gasteiger partial charge in [0.2, 0.25) is 0 Å². The Morgan fingerprint density at radius 2 is 1.31 bits per heavy atom. The van der Waals surface area contributed by atoms with Crippen LogP contribution in [-0.2, 0) is 0 Å². The zero-order valence-corrected chi connectivity index (χ0v) is 10.4. The highest BCUT2D eigenvalue weighted by molar-refractivity contribution is 4.82. The maximum absolute atomic E-state index is 8.85. The third kappa shape index (κ3) is 8.05. The normalized spacial score (nSPS) is 12.0. The van der Waals surface area contributed by atoms with Crippen LogP contribution in [0.1, 0.15) is 45.4 Å². The van der Waals surface area contributed by atoms with Crippen molar-refractivity contribution in [3.8, 4) is 0 Å². The van der Waals surface area contributed by atoms with Gasteiger partial charge in [-0.3, -0.25) is 0 Å². The van der Waals surface area contributed by atoms with Gasteiger partial charge in [0.1, 0.15) is 0 Å². The minimum absolute atomic E-state index is 0.000908. The van der Waals surface area contributed by atoms with E-state index < -0.39 is 0 Å². The van der Waals surface area contributed by atoms with Gasteiger partial charge in [0, 0.05) is 25.4 Å². The van der Waals surface area contributed by atoms with Crippen molar-refractivity contribution in [3.05, 3.63) is 0 Å². The third-order valence-electron chi connectivity index (χ3n) is 2.91. The van der Waals surface area contributed by atoms with E-state index in [2.05, 4.69) is 12.2 Å². The monoisotopic (exact) mass is 233 g/mol. The average molecular weight is 233 g/mol. The van der Waals surface area contributed by atoms with Gasteiger partial charge in [-0.15, -0.1) is 0 Å². The molecular weight excluding hydrogens is 206 g/mol. The summed E-state index contributed by atoms with van der Waals surface area (Å²) in [6, 6.07) is 0. The van der Waals surface area contributed by atoms with Crippen LogP contribution in [0.3, 0.4) is 0 Å². The van der Waals surface area contributed by atoms with Crippen molar-refractivity contribution in [3.63, 3.8) is 0 Å².